The molecule has 0 radical (unpaired) electrons. The zero-order chi connectivity index (χ0) is 20.7. The van der Waals surface area contributed by atoms with E-state index in [1.54, 1.807) is 11.0 Å². The Morgan fingerprint density at radius 3 is 2.14 bits per heavy atom. The average Bonchev–Trinajstić information content (AvgIpc) is 2.70. The lowest BCUT2D eigenvalue weighted by atomic mass is 9.95. The molecule has 0 aliphatic rings. The fourth-order valence-corrected chi connectivity index (χ4v) is 3.34. The summed E-state index contributed by atoms with van der Waals surface area (Å²) in [6.07, 6.45) is 0.705. The summed E-state index contributed by atoms with van der Waals surface area (Å²) in [6, 6.07) is 15.3. The molecule has 0 saturated carbocycles. The Morgan fingerprint density at radius 1 is 0.964 bits per heavy atom. The van der Waals surface area contributed by atoms with E-state index in [0.29, 0.717) is 30.8 Å². The molecule has 5 nitrogen and oxygen atoms in total. The molecule has 0 aliphatic heterocycles. The van der Waals surface area contributed by atoms with Crippen molar-refractivity contribution >= 4 is 23.2 Å². The molecule has 0 saturated heterocycles. The van der Waals surface area contributed by atoms with Crippen LogP contribution in [0.15, 0.2) is 48.5 Å². The van der Waals surface area contributed by atoms with Gasteiger partial charge in [-0.25, -0.2) is 0 Å². The second-order valence-electron chi connectivity index (χ2n) is 6.96. The van der Waals surface area contributed by atoms with Gasteiger partial charge in [-0.2, -0.15) is 0 Å². The quantitative estimate of drug-likeness (QED) is 0.739. The first-order chi connectivity index (χ1) is 13.4. The molecule has 5 heteroatoms. The average molecular weight is 382 g/mol. The molecule has 2 rings (SSSR count). The number of hydrogen-bond donors (Lipinski definition) is 1. The summed E-state index contributed by atoms with van der Waals surface area (Å²) in [5, 5.41) is 3.00. The molecule has 0 spiro atoms. The van der Waals surface area contributed by atoms with Crippen LogP contribution in [0.2, 0.25) is 0 Å². The molecule has 2 aromatic rings. The Morgan fingerprint density at radius 2 is 1.61 bits per heavy atom. The third-order valence-corrected chi connectivity index (χ3v) is 4.95. The minimum Gasteiger partial charge on any atom is -0.377 e. The summed E-state index contributed by atoms with van der Waals surface area (Å²) < 4.78 is 0. The van der Waals surface area contributed by atoms with Gasteiger partial charge in [-0.05, 0) is 44.0 Å². The maximum Gasteiger partial charge on any atom is 0.256 e. The van der Waals surface area contributed by atoms with Gasteiger partial charge in [0.2, 0.25) is 5.91 Å². The number of hydrogen-bond acceptors (Lipinski definition) is 3. The lowest BCUT2D eigenvalue weighted by Gasteiger charge is -2.24. The predicted molar refractivity (Wildman–Crippen MR) is 116 cm³/mol. The molecular weight excluding hydrogens is 350 g/mol. The first-order valence-corrected chi connectivity index (χ1v) is 9.89. The van der Waals surface area contributed by atoms with Crippen molar-refractivity contribution in [2.45, 2.75) is 33.1 Å². The van der Waals surface area contributed by atoms with Crippen molar-refractivity contribution in [2.75, 3.05) is 37.4 Å². The van der Waals surface area contributed by atoms with Gasteiger partial charge in [0.15, 0.2) is 0 Å². The summed E-state index contributed by atoms with van der Waals surface area (Å²) in [4.78, 5) is 29.5. The topological polar surface area (TPSA) is 52.7 Å². The SMILES string of the molecule is CC[C@@H](C(=O)Nc1ccc(N(C)C)c(C(=O)N(CC)CC)c1)c1ccccc1. The predicted octanol–water partition coefficient (Wildman–Crippen LogP) is 4.37. The number of rotatable bonds is 8. The number of carbonyl (C=O) groups excluding carboxylic acids is 2. The van der Waals surface area contributed by atoms with Crippen LogP contribution in [0.25, 0.3) is 0 Å². The molecule has 0 unspecified atom stereocenters. The van der Waals surface area contributed by atoms with Crippen LogP contribution in [-0.2, 0) is 4.79 Å². The van der Waals surface area contributed by atoms with Crippen LogP contribution >= 0.6 is 0 Å². The Bertz CT molecular complexity index is 799. The lowest BCUT2D eigenvalue weighted by molar-refractivity contribution is -0.117. The minimum absolute atomic E-state index is 0.0279. The van der Waals surface area contributed by atoms with Crippen LogP contribution < -0.4 is 10.2 Å². The molecule has 0 aromatic heterocycles. The van der Waals surface area contributed by atoms with Gasteiger partial charge in [0.1, 0.15) is 0 Å². The number of carbonyl (C=O) groups is 2. The number of benzene rings is 2. The van der Waals surface area contributed by atoms with Crippen molar-refractivity contribution in [2.24, 2.45) is 0 Å². The maximum atomic E-state index is 13.0. The van der Waals surface area contributed by atoms with Crippen molar-refractivity contribution in [1.82, 2.24) is 4.90 Å². The second-order valence-corrected chi connectivity index (χ2v) is 6.96. The standard InChI is InChI=1S/C23H31N3O2/c1-6-19(17-12-10-9-11-13-17)22(27)24-18-14-15-21(25(4)5)20(16-18)23(28)26(7-2)8-3/h9-16,19H,6-8H2,1-5H3,(H,24,27)/t19-/m1/s1. The normalized spacial score (nSPS) is 11.6. The molecule has 1 atom stereocenters. The molecule has 1 N–H and O–H groups in total. The fraction of sp³-hybridized carbons (Fsp3) is 0.391. The Hall–Kier alpha value is -2.82. The van der Waals surface area contributed by atoms with Crippen LogP contribution in [0.4, 0.5) is 11.4 Å². The van der Waals surface area contributed by atoms with E-state index < -0.39 is 0 Å². The van der Waals surface area contributed by atoms with Gasteiger partial charge >= 0.3 is 0 Å². The molecule has 150 valence electrons. The van der Waals surface area contributed by atoms with E-state index in [1.807, 2.05) is 82.2 Å². The molecule has 0 fully saturated rings. The van der Waals surface area contributed by atoms with Crippen LogP contribution in [-0.4, -0.2) is 43.9 Å². The molecule has 0 bridgehead atoms. The van der Waals surface area contributed by atoms with Crippen molar-refractivity contribution in [3.63, 3.8) is 0 Å². The highest BCUT2D eigenvalue weighted by Crippen LogP contribution is 2.26. The van der Waals surface area contributed by atoms with Gasteiger partial charge < -0.3 is 15.1 Å². The zero-order valence-corrected chi connectivity index (χ0v) is 17.5. The van der Waals surface area contributed by atoms with Crippen molar-refractivity contribution in [3.8, 4) is 0 Å². The van der Waals surface area contributed by atoms with Gasteiger partial charge in [-0.15, -0.1) is 0 Å². The highest BCUT2D eigenvalue weighted by atomic mass is 16.2. The molecule has 2 aromatic carbocycles. The summed E-state index contributed by atoms with van der Waals surface area (Å²) >= 11 is 0. The van der Waals surface area contributed by atoms with Crippen LogP contribution in [0.1, 0.15) is 49.0 Å². The summed E-state index contributed by atoms with van der Waals surface area (Å²) in [6.45, 7) is 7.22. The second kappa shape index (κ2) is 9.93. The van der Waals surface area contributed by atoms with Gasteiger partial charge in [0.25, 0.3) is 5.91 Å². The number of amides is 2. The van der Waals surface area contributed by atoms with E-state index in [9.17, 15) is 9.59 Å². The van der Waals surface area contributed by atoms with E-state index in [-0.39, 0.29) is 17.7 Å². The smallest absolute Gasteiger partial charge is 0.256 e. The third kappa shape index (κ3) is 4.91. The highest BCUT2D eigenvalue weighted by Gasteiger charge is 2.21. The molecular formula is C23H31N3O2. The Labute approximate surface area is 168 Å². The van der Waals surface area contributed by atoms with Gasteiger partial charge in [-0.3, -0.25) is 9.59 Å². The van der Waals surface area contributed by atoms with Crippen molar-refractivity contribution < 1.29 is 9.59 Å². The number of nitrogens with one attached hydrogen (secondary N) is 1. The van der Waals surface area contributed by atoms with Gasteiger partial charge in [0.05, 0.1) is 11.5 Å². The lowest BCUT2D eigenvalue weighted by Crippen LogP contribution is -2.32. The number of nitrogens with zero attached hydrogens (tertiary/aromatic N) is 2. The largest absolute Gasteiger partial charge is 0.377 e. The van der Waals surface area contributed by atoms with E-state index >= 15 is 0 Å². The Balaban J connectivity index is 2.32. The van der Waals surface area contributed by atoms with Crippen molar-refractivity contribution in [3.05, 3.63) is 59.7 Å². The monoisotopic (exact) mass is 381 g/mol. The van der Waals surface area contributed by atoms with Crippen molar-refractivity contribution in [1.29, 1.82) is 0 Å². The van der Waals surface area contributed by atoms with E-state index in [2.05, 4.69) is 5.32 Å². The zero-order valence-electron chi connectivity index (χ0n) is 17.5. The molecule has 2 amide bonds. The molecule has 0 heterocycles. The van der Waals surface area contributed by atoms with E-state index in [0.717, 1.165) is 11.3 Å². The molecule has 28 heavy (non-hydrogen) atoms. The molecule has 0 aliphatic carbocycles. The van der Waals surface area contributed by atoms with E-state index in [1.165, 1.54) is 0 Å². The van der Waals surface area contributed by atoms with Gasteiger partial charge in [-0.1, -0.05) is 37.3 Å². The third-order valence-electron chi connectivity index (χ3n) is 4.95. The van der Waals surface area contributed by atoms with Crippen LogP contribution in [0, 0.1) is 0 Å². The fourth-order valence-electron chi connectivity index (χ4n) is 3.34. The van der Waals surface area contributed by atoms with Crippen LogP contribution in [0.5, 0.6) is 0 Å². The number of anilines is 2. The summed E-state index contributed by atoms with van der Waals surface area (Å²) in [5.74, 6) is -0.316. The van der Waals surface area contributed by atoms with E-state index in [4.69, 9.17) is 0 Å². The van der Waals surface area contributed by atoms with Crippen LogP contribution in [0.3, 0.4) is 0 Å². The first-order valence-electron chi connectivity index (χ1n) is 9.89. The summed E-state index contributed by atoms with van der Waals surface area (Å²) in [7, 11) is 3.82. The minimum atomic E-state index is -0.225. The van der Waals surface area contributed by atoms with Gasteiger partial charge in [0, 0.05) is 38.6 Å². The summed E-state index contributed by atoms with van der Waals surface area (Å²) in [5.41, 5.74) is 3.07. The first kappa shape index (κ1) is 21.5. The highest BCUT2D eigenvalue weighted by molar-refractivity contribution is 6.02. The Kier molecular flexibility index (Phi) is 7.61. The maximum absolute atomic E-state index is 13.0.